The predicted molar refractivity (Wildman–Crippen MR) is 96.9 cm³/mol. The van der Waals surface area contributed by atoms with Crippen molar-refractivity contribution in [1.29, 1.82) is 0 Å². The van der Waals surface area contributed by atoms with Gasteiger partial charge in [0.25, 0.3) is 5.56 Å². The minimum Gasteiger partial charge on any atom is -0.494 e. The van der Waals surface area contributed by atoms with Crippen molar-refractivity contribution in [3.05, 3.63) is 64.7 Å². The van der Waals surface area contributed by atoms with Gasteiger partial charge in [-0.1, -0.05) is 12.1 Å². The van der Waals surface area contributed by atoms with Crippen LogP contribution in [0.3, 0.4) is 0 Å². The Balaban J connectivity index is 1.61. The zero-order valence-corrected chi connectivity index (χ0v) is 13.9. The maximum absolute atomic E-state index is 12.1. The lowest BCUT2D eigenvalue weighted by atomic mass is 10.2. The van der Waals surface area contributed by atoms with E-state index in [1.165, 1.54) is 0 Å². The number of carbonyl (C=O) groups excluding carboxylic acids is 1. The number of H-pyrrole nitrogens is 1. The van der Waals surface area contributed by atoms with Crippen LogP contribution in [-0.4, -0.2) is 22.5 Å². The summed E-state index contributed by atoms with van der Waals surface area (Å²) < 4.78 is 5.36. The van der Waals surface area contributed by atoms with Crippen molar-refractivity contribution < 1.29 is 9.53 Å². The fourth-order valence-electron chi connectivity index (χ4n) is 2.51. The number of benzene rings is 2. The summed E-state index contributed by atoms with van der Waals surface area (Å²) in [6, 6.07) is 14.3. The van der Waals surface area contributed by atoms with Crippen LogP contribution in [0.25, 0.3) is 10.9 Å². The van der Waals surface area contributed by atoms with E-state index in [2.05, 4.69) is 15.3 Å². The van der Waals surface area contributed by atoms with Crippen molar-refractivity contribution in [2.24, 2.45) is 0 Å². The van der Waals surface area contributed by atoms with Crippen LogP contribution in [0, 0.1) is 0 Å². The lowest BCUT2D eigenvalue weighted by Crippen LogP contribution is -2.16. The number of nitrogens with zero attached hydrogens (tertiary/aromatic N) is 1. The molecule has 0 saturated heterocycles. The molecule has 6 nitrogen and oxygen atoms in total. The molecule has 128 valence electrons. The highest BCUT2D eigenvalue weighted by molar-refractivity contribution is 5.90. The standard InChI is InChI=1S/C19H19N3O3/c1-2-25-14-9-7-13(8-10-14)20-18(23)12-11-17-21-16-6-4-3-5-15(16)19(24)22-17/h3-10H,2,11-12H2,1H3,(H,20,23)(H,21,22,24). The lowest BCUT2D eigenvalue weighted by Gasteiger charge is -2.07. The summed E-state index contributed by atoms with van der Waals surface area (Å²) in [6.45, 7) is 2.52. The molecule has 1 heterocycles. The molecule has 0 unspecified atom stereocenters. The monoisotopic (exact) mass is 337 g/mol. The normalized spacial score (nSPS) is 10.6. The van der Waals surface area contributed by atoms with Crippen LogP contribution in [0.2, 0.25) is 0 Å². The van der Waals surface area contributed by atoms with Crippen LogP contribution < -0.4 is 15.6 Å². The fraction of sp³-hybridized carbons (Fsp3) is 0.211. The van der Waals surface area contributed by atoms with Crippen molar-refractivity contribution >= 4 is 22.5 Å². The summed E-state index contributed by atoms with van der Waals surface area (Å²) in [7, 11) is 0. The molecule has 3 aromatic rings. The van der Waals surface area contributed by atoms with Crippen molar-refractivity contribution in [3.63, 3.8) is 0 Å². The van der Waals surface area contributed by atoms with Crippen LogP contribution in [0.4, 0.5) is 5.69 Å². The third-order valence-corrected chi connectivity index (χ3v) is 3.70. The minimum atomic E-state index is -0.187. The second-order valence-corrected chi connectivity index (χ2v) is 5.54. The number of amides is 1. The molecular formula is C19H19N3O3. The number of nitrogens with one attached hydrogen (secondary N) is 2. The highest BCUT2D eigenvalue weighted by Gasteiger charge is 2.07. The Labute approximate surface area is 144 Å². The third kappa shape index (κ3) is 4.23. The number of aromatic amines is 1. The van der Waals surface area contributed by atoms with Gasteiger partial charge in [-0.2, -0.15) is 0 Å². The zero-order chi connectivity index (χ0) is 17.6. The van der Waals surface area contributed by atoms with Gasteiger partial charge in [0.1, 0.15) is 11.6 Å². The summed E-state index contributed by atoms with van der Waals surface area (Å²) in [5.74, 6) is 1.13. The number of fused-ring (bicyclic) bond motifs is 1. The van der Waals surface area contributed by atoms with E-state index in [0.29, 0.717) is 35.4 Å². The molecule has 0 fully saturated rings. The highest BCUT2D eigenvalue weighted by Crippen LogP contribution is 2.16. The topological polar surface area (TPSA) is 84.1 Å². The quantitative estimate of drug-likeness (QED) is 0.724. The molecule has 0 aliphatic rings. The van der Waals surface area contributed by atoms with Gasteiger partial charge in [0.05, 0.1) is 17.5 Å². The minimum absolute atomic E-state index is 0.139. The number of anilines is 1. The first-order valence-electron chi connectivity index (χ1n) is 8.16. The van der Waals surface area contributed by atoms with Crippen molar-refractivity contribution in [3.8, 4) is 5.75 Å². The Morgan fingerprint density at radius 2 is 1.92 bits per heavy atom. The van der Waals surface area contributed by atoms with Gasteiger partial charge in [-0.25, -0.2) is 4.98 Å². The third-order valence-electron chi connectivity index (χ3n) is 3.70. The van der Waals surface area contributed by atoms with E-state index in [0.717, 1.165) is 5.75 Å². The molecule has 0 bridgehead atoms. The van der Waals surface area contributed by atoms with E-state index < -0.39 is 0 Å². The van der Waals surface area contributed by atoms with E-state index in [-0.39, 0.29) is 17.9 Å². The van der Waals surface area contributed by atoms with Gasteiger partial charge < -0.3 is 15.0 Å². The number of hydrogen-bond donors (Lipinski definition) is 2. The smallest absolute Gasteiger partial charge is 0.258 e. The Morgan fingerprint density at radius 3 is 2.68 bits per heavy atom. The first kappa shape index (κ1) is 16.7. The molecule has 1 aromatic heterocycles. The van der Waals surface area contributed by atoms with Gasteiger partial charge in [0.15, 0.2) is 0 Å². The summed E-state index contributed by atoms with van der Waals surface area (Å²) in [5, 5.41) is 3.37. The molecule has 2 N–H and O–H groups in total. The van der Waals surface area contributed by atoms with E-state index in [4.69, 9.17) is 4.74 Å². The number of carbonyl (C=O) groups is 1. The molecule has 6 heteroatoms. The maximum Gasteiger partial charge on any atom is 0.258 e. The summed E-state index contributed by atoms with van der Waals surface area (Å²) in [5.41, 5.74) is 1.15. The number of ether oxygens (including phenoxy) is 1. The molecule has 25 heavy (non-hydrogen) atoms. The summed E-state index contributed by atoms with van der Waals surface area (Å²) in [6.07, 6.45) is 0.595. The van der Waals surface area contributed by atoms with E-state index in [1.54, 1.807) is 30.3 Å². The molecule has 2 aromatic carbocycles. The van der Waals surface area contributed by atoms with E-state index in [9.17, 15) is 9.59 Å². The Morgan fingerprint density at radius 1 is 1.16 bits per heavy atom. The van der Waals surface area contributed by atoms with Crippen LogP contribution in [0.15, 0.2) is 53.3 Å². The predicted octanol–water partition coefficient (Wildman–Crippen LogP) is 2.89. The number of hydrogen-bond acceptors (Lipinski definition) is 4. The Hall–Kier alpha value is -3.15. The molecule has 0 aliphatic carbocycles. The van der Waals surface area contributed by atoms with Crippen LogP contribution in [0.1, 0.15) is 19.2 Å². The molecule has 0 saturated carbocycles. The first-order chi connectivity index (χ1) is 12.2. The van der Waals surface area contributed by atoms with Gasteiger partial charge >= 0.3 is 0 Å². The largest absolute Gasteiger partial charge is 0.494 e. The lowest BCUT2D eigenvalue weighted by molar-refractivity contribution is -0.116. The first-order valence-corrected chi connectivity index (χ1v) is 8.16. The summed E-state index contributed by atoms with van der Waals surface area (Å²) in [4.78, 5) is 31.2. The van der Waals surface area contributed by atoms with Crippen molar-refractivity contribution in [1.82, 2.24) is 9.97 Å². The fourth-order valence-corrected chi connectivity index (χ4v) is 2.51. The van der Waals surface area contributed by atoms with Gasteiger partial charge in [0, 0.05) is 18.5 Å². The van der Waals surface area contributed by atoms with Gasteiger partial charge in [-0.15, -0.1) is 0 Å². The molecular weight excluding hydrogens is 318 g/mol. The maximum atomic E-state index is 12.1. The molecule has 0 aliphatic heterocycles. The molecule has 3 rings (SSSR count). The van der Waals surface area contributed by atoms with Gasteiger partial charge in [-0.05, 0) is 43.3 Å². The zero-order valence-electron chi connectivity index (χ0n) is 13.9. The number of para-hydroxylation sites is 1. The Bertz CT molecular complexity index is 933. The number of aromatic nitrogens is 2. The van der Waals surface area contributed by atoms with E-state index in [1.807, 2.05) is 25.1 Å². The Kier molecular flexibility index (Phi) is 5.09. The molecule has 0 radical (unpaired) electrons. The van der Waals surface area contributed by atoms with Crippen LogP contribution in [-0.2, 0) is 11.2 Å². The second-order valence-electron chi connectivity index (χ2n) is 5.54. The molecule has 1 amide bonds. The number of rotatable bonds is 6. The molecule has 0 spiro atoms. The average molecular weight is 337 g/mol. The summed E-state index contributed by atoms with van der Waals surface area (Å²) >= 11 is 0. The highest BCUT2D eigenvalue weighted by atomic mass is 16.5. The number of aryl methyl sites for hydroxylation is 1. The van der Waals surface area contributed by atoms with Gasteiger partial charge in [-0.3, -0.25) is 9.59 Å². The van der Waals surface area contributed by atoms with E-state index >= 15 is 0 Å². The average Bonchev–Trinajstić information content (AvgIpc) is 2.62. The SMILES string of the molecule is CCOc1ccc(NC(=O)CCc2nc3ccccc3c(=O)[nH]2)cc1. The van der Waals surface area contributed by atoms with Crippen LogP contribution in [0.5, 0.6) is 5.75 Å². The van der Waals surface area contributed by atoms with Crippen molar-refractivity contribution in [2.75, 3.05) is 11.9 Å². The van der Waals surface area contributed by atoms with Gasteiger partial charge in [0.2, 0.25) is 5.91 Å². The molecule has 0 atom stereocenters. The van der Waals surface area contributed by atoms with Crippen molar-refractivity contribution in [2.45, 2.75) is 19.8 Å². The van der Waals surface area contributed by atoms with Crippen LogP contribution >= 0.6 is 0 Å². The second kappa shape index (κ2) is 7.61.